The van der Waals surface area contributed by atoms with Crippen LogP contribution >= 0.6 is 0 Å². The fourth-order valence-electron chi connectivity index (χ4n) is 10.8. The molecule has 0 radical (unpaired) electrons. The van der Waals surface area contributed by atoms with Crippen LogP contribution in [0.3, 0.4) is 0 Å². The van der Waals surface area contributed by atoms with E-state index in [1.807, 2.05) is 96.3 Å². The molecule has 8 heterocycles. The number of unbranched alkanes of at least 4 members (excludes halogenated alkanes) is 14. The average molecular weight is 1230 g/mol. The summed E-state index contributed by atoms with van der Waals surface area (Å²) in [5.41, 5.74) is 15.4. The van der Waals surface area contributed by atoms with Gasteiger partial charge in [0.15, 0.2) is 37.2 Å². The number of halogens is 3. The third-order valence-electron chi connectivity index (χ3n) is 15.3. The SMILES string of the molecule is CCCCCCCCCCCCCCCCCC(=O)Nc1ccc(C(=O)Nc2ccc(-c3c4nc(c(-c5cc[n+](C)cc5)c5ccc([n-]5)c(-c5cc[n+](C)cc5)c5nc(c(-c6cc[n+](C)cc6)c6ccc3[n-]6)C=C5)C=C4)cc2)cc1.[Cl-].[Cl-].[Cl-].[Zn+2]. The van der Waals surface area contributed by atoms with Crippen LogP contribution < -0.4 is 71.5 Å². The molecule has 0 saturated carbocycles. The Morgan fingerprint density at radius 1 is 0.393 bits per heavy atom. The van der Waals surface area contributed by atoms with Gasteiger partial charge in [-0.05, 0) is 112 Å². The Hall–Kier alpha value is -7.08. The Morgan fingerprint density at radius 3 is 1.04 bits per heavy atom. The van der Waals surface area contributed by atoms with E-state index in [0.717, 1.165) is 102 Å². The predicted octanol–water partition coefficient (Wildman–Crippen LogP) is 5.52. The van der Waals surface area contributed by atoms with E-state index in [1.54, 1.807) is 24.3 Å². The second kappa shape index (κ2) is 32.3. The van der Waals surface area contributed by atoms with Crippen LogP contribution in [-0.4, -0.2) is 21.8 Å². The minimum absolute atomic E-state index is 0. The molecule has 8 bridgehead atoms. The number of carbonyl (C=O) groups is 2. The number of nitrogens with one attached hydrogen (secondary N) is 2. The van der Waals surface area contributed by atoms with Crippen LogP contribution in [0.25, 0.3) is 90.9 Å². The number of fused-ring (bicyclic) bond motifs is 8. The van der Waals surface area contributed by atoms with Crippen molar-refractivity contribution in [2.45, 2.75) is 110 Å². The first-order valence-corrected chi connectivity index (χ1v) is 28.9. The summed E-state index contributed by atoms with van der Waals surface area (Å²) in [6.45, 7) is 2.27. The summed E-state index contributed by atoms with van der Waals surface area (Å²) in [5.74, 6) is -0.245. The Balaban J connectivity index is 0.00000283. The van der Waals surface area contributed by atoms with Crippen LogP contribution in [0.15, 0.2) is 146 Å². The molecule has 10 rings (SSSR count). The number of carbonyl (C=O) groups excluding carboxylic acids is 2. The molecule has 0 aliphatic carbocycles. The summed E-state index contributed by atoms with van der Waals surface area (Å²) < 4.78 is 6.06. The van der Waals surface area contributed by atoms with E-state index in [9.17, 15) is 9.59 Å². The zero-order valence-electron chi connectivity index (χ0n) is 48.8. The third-order valence-corrected chi connectivity index (χ3v) is 15.3. The maximum Gasteiger partial charge on any atom is 2.00 e. The largest absolute Gasteiger partial charge is 2.00 e. The number of aromatic nitrogens is 7. The molecule has 2 aliphatic heterocycles. The van der Waals surface area contributed by atoms with E-state index < -0.39 is 0 Å². The summed E-state index contributed by atoms with van der Waals surface area (Å²) in [4.78, 5) is 48.1. The van der Waals surface area contributed by atoms with Gasteiger partial charge >= 0.3 is 19.5 Å². The zero-order chi connectivity index (χ0) is 55.2. The molecule has 8 aromatic rings. The van der Waals surface area contributed by atoms with Gasteiger partial charge in [0.1, 0.15) is 21.1 Å². The van der Waals surface area contributed by atoms with E-state index in [1.165, 1.54) is 83.5 Å². The number of benzene rings is 2. The van der Waals surface area contributed by atoms with Gasteiger partial charge in [-0.25, -0.2) is 23.7 Å². The number of hydrogen-bond donors (Lipinski definition) is 2. The van der Waals surface area contributed by atoms with Crippen LogP contribution in [-0.2, 0) is 45.4 Å². The minimum Gasteiger partial charge on any atom is -1.00 e. The maximum atomic E-state index is 13.7. The van der Waals surface area contributed by atoms with Gasteiger partial charge in [0.05, 0.1) is 22.8 Å². The quantitative estimate of drug-likeness (QED) is 0.0495. The number of aryl methyl sites for hydroxylation is 3. The monoisotopic (exact) mass is 1230 g/mol. The van der Waals surface area contributed by atoms with Gasteiger partial charge in [0.2, 0.25) is 5.91 Å². The second-order valence-corrected chi connectivity index (χ2v) is 21.5. The first-order valence-electron chi connectivity index (χ1n) is 28.9. The Morgan fingerprint density at radius 2 is 0.690 bits per heavy atom. The van der Waals surface area contributed by atoms with Gasteiger partial charge in [-0.15, -0.1) is 22.1 Å². The third kappa shape index (κ3) is 16.8. The van der Waals surface area contributed by atoms with Crippen LogP contribution in [0.4, 0.5) is 11.4 Å². The smallest absolute Gasteiger partial charge is 1.00 e. The van der Waals surface area contributed by atoms with Crippen LogP contribution in [0.5, 0.6) is 0 Å². The molecular formula is C69H74Cl3N9O2Zn. The molecular weight excluding hydrogens is 1160 g/mol. The van der Waals surface area contributed by atoms with E-state index in [2.05, 4.69) is 103 Å². The predicted molar refractivity (Wildman–Crippen MR) is 325 cm³/mol. The maximum absolute atomic E-state index is 13.7. The van der Waals surface area contributed by atoms with Gasteiger partial charge in [0, 0.05) is 59.8 Å². The molecule has 6 aromatic heterocycles. The van der Waals surface area contributed by atoms with Crippen molar-refractivity contribution >= 4 is 69.6 Å². The minimum atomic E-state index is -0.248. The number of nitrogens with zero attached hydrogens (tertiary/aromatic N) is 7. The molecule has 2 aromatic carbocycles. The molecule has 430 valence electrons. The van der Waals surface area contributed by atoms with Crippen molar-refractivity contribution in [2.24, 2.45) is 21.1 Å². The van der Waals surface area contributed by atoms with Crippen molar-refractivity contribution in [3.05, 3.63) is 175 Å². The normalized spacial score (nSPS) is 11.2. The van der Waals surface area contributed by atoms with Crippen molar-refractivity contribution in [2.75, 3.05) is 10.6 Å². The number of rotatable bonds is 23. The first kappa shape index (κ1) is 66.1. The van der Waals surface area contributed by atoms with Gasteiger partial charge in [-0.2, -0.15) is 0 Å². The molecule has 15 heteroatoms. The van der Waals surface area contributed by atoms with E-state index in [-0.39, 0.29) is 68.5 Å². The van der Waals surface area contributed by atoms with Gasteiger partial charge < -0.3 is 57.8 Å². The molecule has 2 aliphatic rings. The summed E-state index contributed by atoms with van der Waals surface area (Å²) in [7, 11) is 6.03. The number of pyridine rings is 3. The van der Waals surface area contributed by atoms with Crippen molar-refractivity contribution < 1.29 is 80.0 Å². The first-order chi connectivity index (χ1) is 39.2. The summed E-state index contributed by atoms with van der Waals surface area (Å²) in [5, 5.41) is 6.10. The molecule has 2 amide bonds. The molecule has 2 N–H and O–H groups in total. The number of amides is 2. The molecule has 0 atom stereocenters. The van der Waals surface area contributed by atoms with E-state index in [4.69, 9.17) is 19.9 Å². The summed E-state index contributed by atoms with van der Waals surface area (Å²) in [6.07, 6.45) is 40.4. The molecule has 0 fully saturated rings. The zero-order valence-corrected chi connectivity index (χ0v) is 54.0. The second-order valence-electron chi connectivity index (χ2n) is 21.5. The Kier molecular flexibility index (Phi) is 25.4. The molecule has 0 spiro atoms. The topological polar surface area (TPSA) is 124 Å². The van der Waals surface area contributed by atoms with Crippen LogP contribution in [0.1, 0.15) is 143 Å². The fraction of sp³-hybridized carbons (Fsp3) is 0.290. The van der Waals surface area contributed by atoms with Crippen molar-refractivity contribution in [1.82, 2.24) is 19.9 Å². The molecule has 0 saturated heterocycles. The van der Waals surface area contributed by atoms with Gasteiger partial charge in [-0.3, -0.25) is 9.59 Å². The molecule has 84 heavy (non-hydrogen) atoms. The van der Waals surface area contributed by atoms with Crippen molar-refractivity contribution in [1.29, 1.82) is 0 Å². The average Bonchev–Trinajstić information content (AvgIpc) is 4.50. The summed E-state index contributed by atoms with van der Waals surface area (Å²) in [6, 6.07) is 35.8. The Labute approximate surface area is 526 Å². The fourth-order valence-corrected chi connectivity index (χ4v) is 10.8. The van der Waals surface area contributed by atoms with Crippen molar-refractivity contribution in [3.63, 3.8) is 0 Å². The molecule has 11 nitrogen and oxygen atoms in total. The van der Waals surface area contributed by atoms with Crippen LogP contribution in [0.2, 0.25) is 0 Å². The van der Waals surface area contributed by atoms with Crippen LogP contribution in [0, 0.1) is 0 Å². The molecule has 0 unspecified atom stereocenters. The summed E-state index contributed by atoms with van der Waals surface area (Å²) >= 11 is 0. The van der Waals surface area contributed by atoms with Gasteiger partial charge in [0.25, 0.3) is 5.91 Å². The number of anilines is 2. The Bertz CT molecular complexity index is 3650. The van der Waals surface area contributed by atoms with E-state index >= 15 is 0 Å². The van der Waals surface area contributed by atoms with Crippen molar-refractivity contribution in [3.8, 4) is 44.5 Å². The van der Waals surface area contributed by atoms with Gasteiger partial charge in [-0.1, -0.05) is 133 Å². The number of hydrogen-bond acceptors (Lipinski definition) is 4. The van der Waals surface area contributed by atoms with E-state index in [0.29, 0.717) is 23.4 Å². The standard InChI is InChI=1S/C69H73N9O2.3ClH.Zn/c1-5-6-7-8-9-10-11-12-13-14-15-16-17-18-19-20-64(79)70-54-27-23-53(24-28-54)69(80)71-55-25-21-49(22-26-55)65-56-29-31-58(72-56)66(50-37-43-76(2)44-38-50)60-33-35-62(74-60)68(52-41-47-78(4)48-42-52)63-36-34-61(75-63)67(59-32-30-57(65)73-59)51-39-45-77(3)46-40-51;;;;/h21-48H,5-20H2,1-4H3,(H-2,70,71,72,73,74,75,79,80);3*1H;/q;;;;+2/p-2.